The first-order chi connectivity index (χ1) is 10.6. The van der Waals surface area contributed by atoms with Crippen molar-refractivity contribution in [3.63, 3.8) is 0 Å². The standard InChI is InChI=1S/C15H13N3O4/c1-11(8-9-12-5-4-10-22-12)16-17-15(19)13-6-2-3-7-14(13)18(20)21/h2-10H,1H3,(H,17,19)/b9-8+,16-11+. The maximum absolute atomic E-state index is 11.9. The van der Waals surface area contributed by atoms with E-state index in [4.69, 9.17) is 4.42 Å². The van der Waals surface area contributed by atoms with E-state index >= 15 is 0 Å². The van der Waals surface area contributed by atoms with Crippen molar-refractivity contribution in [3.05, 3.63) is 70.2 Å². The molecule has 0 saturated carbocycles. The van der Waals surface area contributed by atoms with Crippen molar-refractivity contribution < 1.29 is 14.1 Å². The number of benzene rings is 1. The van der Waals surface area contributed by atoms with Crippen molar-refractivity contribution in [2.24, 2.45) is 5.10 Å². The first-order valence-electron chi connectivity index (χ1n) is 6.37. The van der Waals surface area contributed by atoms with Crippen LogP contribution in [0.3, 0.4) is 0 Å². The van der Waals surface area contributed by atoms with Gasteiger partial charge in [-0.05, 0) is 37.3 Å². The second-order valence-corrected chi connectivity index (χ2v) is 4.32. The number of amides is 1. The second kappa shape index (κ2) is 6.98. The number of carbonyl (C=O) groups is 1. The summed E-state index contributed by atoms with van der Waals surface area (Å²) >= 11 is 0. The highest BCUT2D eigenvalue weighted by atomic mass is 16.6. The van der Waals surface area contributed by atoms with Crippen LogP contribution >= 0.6 is 0 Å². The minimum Gasteiger partial charge on any atom is -0.465 e. The molecule has 1 N–H and O–H groups in total. The van der Waals surface area contributed by atoms with E-state index in [2.05, 4.69) is 10.5 Å². The molecule has 0 saturated heterocycles. The number of nitrogens with one attached hydrogen (secondary N) is 1. The van der Waals surface area contributed by atoms with Crippen LogP contribution in [0.15, 0.2) is 58.3 Å². The number of nitrogens with zero attached hydrogens (tertiary/aromatic N) is 2. The number of carbonyl (C=O) groups excluding carboxylic acids is 1. The molecule has 0 radical (unpaired) electrons. The molecule has 1 heterocycles. The third kappa shape index (κ3) is 3.89. The molecule has 1 amide bonds. The van der Waals surface area contributed by atoms with E-state index in [9.17, 15) is 14.9 Å². The van der Waals surface area contributed by atoms with Gasteiger partial charge in [0.05, 0.1) is 16.9 Å². The van der Waals surface area contributed by atoms with Gasteiger partial charge in [0.2, 0.25) is 0 Å². The van der Waals surface area contributed by atoms with Crippen LogP contribution in [0.25, 0.3) is 6.08 Å². The average molecular weight is 299 g/mol. The van der Waals surface area contributed by atoms with Crippen LogP contribution < -0.4 is 5.43 Å². The predicted octanol–water partition coefficient (Wildman–Crippen LogP) is 3.01. The summed E-state index contributed by atoms with van der Waals surface area (Å²) in [6, 6.07) is 9.21. The Hall–Kier alpha value is -3.22. The molecule has 0 aliphatic rings. The van der Waals surface area contributed by atoms with Gasteiger partial charge in [0.25, 0.3) is 11.6 Å². The molecule has 7 nitrogen and oxygen atoms in total. The fourth-order valence-corrected chi connectivity index (χ4v) is 1.65. The summed E-state index contributed by atoms with van der Waals surface area (Å²) < 4.78 is 5.12. The number of hydrogen-bond acceptors (Lipinski definition) is 5. The molecular formula is C15H13N3O4. The fraction of sp³-hybridized carbons (Fsp3) is 0.0667. The molecule has 2 rings (SSSR count). The SMILES string of the molecule is CC(/C=C/c1ccco1)=N\NC(=O)c1ccccc1[N+](=O)[O-]. The molecule has 0 fully saturated rings. The molecule has 22 heavy (non-hydrogen) atoms. The lowest BCUT2D eigenvalue weighted by atomic mass is 10.2. The smallest absolute Gasteiger partial charge is 0.282 e. The minimum atomic E-state index is -0.641. The van der Waals surface area contributed by atoms with Gasteiger partial charge in [-0.1, -0.05) is 12.1 Å². The lowest BCUT2D eigenvalue weighted by Gasteiger charge is -2.01. The van der Waals surface area contributed by atoms with E-state index in [-0.39, 0.29) is 11.3 Å². The zero-order chi connectivity index (χ0) is 15.9. The van der Waals surface area contributed by atoms with Gasteiger partial charge >= 0.3 is 0 Å². The highest BCUT2D eigenvalue weighted by Gasteiger charge is 2.18. The molecule has 1 aromatic carbocycles. The van der Waals surface area contributed by atoms with E-state index < -0.39 is 10.8 Å². The number of furan rings is 1. The summed E-state index contributed by atoms with van der Waals surface area (Å²) in [5.41, 5.74) is 2.50. The van der Waals surface area contributed by atoms with Crippen LogP contribution in [0.4, 0.5) is 5.69 Å². The summed E-state index contributed by atoms with van der Waals surface area (Å²) in [7, 11) is 0. The average Bonchev–Trinajstić information content (AvgIpc) is 3.04. The summed E-state index contributed by atoms with van der Waals surface area (Å²) in [4.78, 5) is 22.2. The van der Waals surface area contributed by atoms with E-state index in [0.29, 0.717) is 11.5 Å². The lowest BCUT2D eigenvalue weighted by Crippen LogP contribution is -2.19. The quantitative estimate of drug-likeness (QED) is 0.521. The summed E-state index contributed by atoms with van der Waals surface area (Å²) in [6.45, 7) is 1.68. The molecule has 0 atom stereocenters. The Kier molecular flexibility index (Phi) is 4.81. The van der Waals surface area contributed by atoms with Crippen LogP contribution in [0, 0.1) is 10.1 Å². The van der Waals surface area contributed by atoms with Crippen molar-refractivity contribution in [2.75, 3.05) is 0 Å². The van der Waals surface area contributed by atoms with Crippen molar-refractivity contribution in [3.8, 4) is 0 Å². The van der Waals surface area contributed by atoms with E-state index in [1.54, 1.807) is 43.5 Å². The Morgan fingerprint density at radius 3 is 2.77 bits per heavy atom. The van der Waals surface area contributed by atoms with Crippen LogP contribution in [-0.4, -0.2) is 16.5 Å². The van der Waals surface area contributed by atoms with Gasteiger partial charge in [-0.15, -0.1) is 0 Å². The number of nitro groups is 1. The minimum absolute atomic E-state index is 0.0425. The van der Waals surface area contributed by atoms with Crippen LogP contribution in [0.5, 0.6) is 0 Å². The Bertz CT molecular complexity index is 733. The second-order valence-electron chi connectivity index (χ2n) is 4.32. The third-order valence-corrected chi connectivity index (χ3v) is 2.71. The zero-order valence-electron chi connectivity index (χ0n) is 11.7. The van der Waals surface area contributed by atoms with Crippen molar-refractivity contribution in [1.29, 1.82) is 0 Å². The van der Waals surface area contributed by atoms with Gasteiger partial charge < -0.3 is 4.42 Å². The summed E-state index contributed by atoms with van der Waals surface area (Å²) in [6.07, 6.45) is 4.89. The summed E-state index contributed by atoms with van der Waals surface area (Å²) in [5, 5.41) is 14.7. The van der Waals surface area contributed by atoms with Crippen molar-refractivity contribution >= 4 is 23.4 Å². The Morgan fingerprint density at radius 1 is 1.32 bits per heavy atom. The van der Waals surface area contributed by atoms with E-state index in [1.165, 1.54) is 18.2 Å². The van der Waals surface area contributed by atoms with Gasteiger partial charge in [0, 0.05) is 6.07 Å². The maximum Gasteiger partial charge on any atom is 0.282 e. The van der Waals surface area contributed by atoms with Gasteiger partial charge in [0.1, 0.15) is 11.3 Å². The number of nitro benzene ring substituents is 1. The van der Waals surface area contributed by atoms with Gasteiger partial charge in [0.15, 0.2) is 0 Å². The van der Waals surface area contributed by atoms with Crippen LogP contribution in [0.1, 0.15) is 23.0 Å². The van der Waals surface area contributed by atoms with Crippen molar-refractivity contribution in [1.82, 2.24) is 5.43 Å². The molecule has 1 aromatic heterocycles. The Morgan fingerprint density at radius 2 is 2.09 bits per heavy atom. The molecule has 112 valence electrons. The normalized spacial score (nSPS) is 11.6. The van der Waals surface area contributed by atoms with Gasteiger partial charge in [-0.25, -0.2) is 5.43 Å². The fourth-order valence-electron chi connectivity index (χ4n) is 1.65. The van der Waals surface area contributed by atoms with Crippen molar-refractivity contribution in [2.45, 2.75) is 6.92 Å². The molecule has 0 spiro atoms. The van der Waals surface area contributed by atoms with E-state index in [0.717, 1.165) is 0 Å². The maximum atomic E-state index is 11.9. The Labute approximate surface area is 126 Å². The number of allylic oxidation sites excluding steroid dienone is 1. The molecule has 7 heteroatoms. The molecule has 0 aliphatic carbocycles. The van der Waals surface area contributed by atoms with E-state index in [1.807, 2.05) is 0 Å². The number of rotatable bonds is 5. The highest BCUT2D eigenvalue weighted by molar-refractivity contribution is 6.00. The lowest BCUT2D eigenvalue weighted by molar-refractivity contribution is -0.385. The molecule has 0 unspecified atom stereocenters. The largest absolute Gasteiger partial charge is 0.465 e. The summed E-state index contributed by atoms with van der Waals surface area (Å²) in [5.74, 6) is 0.0117. The first-order valence-corrected chi connectivity index (χ1v) is 6.37. The number of para-hydroxylation sites is 1. The topological polar surface area (TPSA) is 97.7 Å². The number of hydrazone groups is 1. The Balaban J connectivity index is 2.06. The first kappa shape index (κ1) is 15.2. The molecule has 0 bridgehead atoms. The molecule has 0 aliphatic heterocycles. The van der Waals surface area contributed by atoms with Crippen LogP contribution in [-0.2, 0) is 0 Å². The van der Waals surface area contributed by atoms with Crippen LogP contribution in [0.2, 0.25) is 0 Å². The highest BCUT2D eigenvalue weighted by Crippen LogP contribution is 2.17. The van der Waals surface area contributed by atoms with Gasteiger partial charge in [-0.2, -0.15) is 5.10 Å². The van der Waals surface area contributed by atoms with Gasteiger partial charge in [-0.3, -0.25) is 14.9 Å². The zero-order valence-corrected chi connectivity index (χ0v) is 11.7. The third-order valence-electron chi connectivity index (χ3n) is 2.71. The number of hydrogen-bond donors (Lipinski definition) is 1. The molecular weight excluding hydrogens is 286 g/mol. The monoisotopic (exact) mass is 299 g/mol. The predicted molar refractivity (Wildman–Crippen MR) is 81.4 cm³/mol. The molecule has 2 aromatic rings.